The minimum atomic E-state index is -0.392. The van der Waals surface area contributed by atoms with Crippen molar-refractivity contribution in [2.75, 3.05) is 0 Å². The quantitative estimate of drug-likeness (QED) is 0.624. The summed E-state index contributed by atoms with van der Waals surface area (Å²) >= 11 is -0.392. The van der Waals surface area contributed by atoms with Gasteiger partial charge in [0, 0.05) is 0 Å². The predicted molar refractivity (Wildman–Crippen MR) is 36.5 cm³/mol. The Balaban J connectivity index is 2.95. The molecule has 1 aromatic heterocycles. The molecule has 0 bridgehead atoms. The molecule has 0 fully saturated rings. The molecule has 0 saturated carbocycles. The van der Waals surface area contributed by atoms with Gasteiger partial charge >= 0.3 is 62.7 Å². The van der Waals surface area contributed by atoms with Crippen molar-refractivity contribution in [2.24, 2.45) is 0 Å². The molecular formula is C6H4N2Te. The van der Waals surface area contributed by atoms with Crippen LogP contribution in [0.3, 0.4) is 0 Å². The van der Waals surface area contributed by atoms with E-state index in [0.29, 0.717) is 0 Å². The Labute approximate surface area is 62.9 Å². The first-order valence-electron chi connectivity index (χ1n) is 2.64. The van der Waals surface area contributed by atoms with Crippen molar-refractivity contribution in [3.8, 4) is 0 Å². The SMILES string of the molecule is c1ccc2n[te]nc2c1. The van der Waals surface area contributed by atoms with Gasteiger partial charge in [0.25, 0.3) is 0 Å². The van der Waals surface area contributed by atoms with Crippen molar-refractivity contribution in [1.82, 2.24) is 6.41 Å². The molecule has 3 heteroatoms. The van der Waals surface area contributed by atoms with Crippen LogP contribution in [0.1, 0.15) is 0 Å². The van der Waals surface area contributed by atoms with Gasteiger partial charge < -0.3 is 0 Å². The molecule has 0 saturated heterocycles. The van der Waals surface area contributed by atoms with Gasteiger partial charge in [0.15, 0.2) is 0 Å². The molecule has 1 heterocycles. The first-order chi connectivity index (χ1) is 4.47. The second-order valence-corrected chi connectivity index (χ2v) is 3.26. The van der Waals surface area contributed by atoms with Gasteiger partial charge in [-0.3, -0.25) is 0 Å². The van der Waals surface area contributed by atoms with Crippen LogP contribution in [0.5, 0.6) is 0 Å². The topological polar surface area (TPSA) is 25.8 Å². The van der Waals surface area contributed by atoms with Crippen molar-refractivity contribution in [1.29, 1.82) is 0 Å². The van der Waals surface area contributed by atoms with E-state index in [-0.39, 0.29) is 0 Å². The van der Waals surface area contributed by atoms with Crippen LogP contribution >= 0.6 is 0 Å². The molecule has 0 radical (unpaired) electrons. The molecule has 9 heavy (non-hydrogen) atoms. The molecular weight excluding hydrogens is 228 g/mol. The van der Waals surface area contributed by atoms with Gasteiger partial charge in [0.1, 0.15) is 0 Å². The average molecular weight is 232 g/mol. The standard InChI is InChI=1S/C6H4N2Te/c1-2-4-6-5(3-1)7-9-8-6/h1-4H. The van der Waals surface area contributed by atoms with Gasteiger partial charge in [-0.1, -0.05) is 0 Å². The molecule has 0 amide bonds. The first kappa shape index (κ1) is 5.40. The van der Waals surface area contributed by atoms with Gasteiger partial charge in [0.05, 0.1) is 0 Å². The number of fused-ring (bicyclic) bond motifs is 1. The first-order valence-corrected chi connectivity index (χ1v) is 4.72. The maximum absolute atomic E-state index is 4.26. The zero-order valence-electron chi connectivity index (χ0n) is 4.61. The zero-order chi connectivity index (χ0) is 6.10. The average Bonchev–Trinajstić information content (AvgIpc) is 2.33. The van der Waals surface area contributed by atoms with Crippen molar-refractivity contribution < 1.29 is 0 Å². The van der Waals surface area contributed by atoms with Crippen molar-refractivity contribution >= 4 is 32.0 Å². The number of rotatable bonds is 0. The van der Waals surface area contributed by atoms with Gasteiger partial charge in [-0.05, 0) is 0 Å². The van der Waals surface area contributed by atoms with Crippen LogP contribution in [0.2, 0.25) is 0 Å². The summed E-state index contributed by atoms with van der Waals surface area (Å²) in [7, 11) is 0. The summed E-state index contributed by atoms with van der Waals surface area (Å²) in [6, 6.07) is 8.01. The van der Waals surface area contributed by atoms with E-state index < -0.39 is 21.0 Å². The van der Waals surface area contributed by atoms with Gasteiger partial charge in [-0.25, -0.2) is 0 Å². The van der Waals surface area contributed by atoms with E-state index in [2.05, 4.69) is 6.41 Å². The van der Waals surface area contributed by atoms with E-state index in [1.54, 1.807) is 0 Å². The van der Waals surface area contributed by atoms with Crippen LogP contribution < -0.4 is 0 Å². The molecule has 0 aliphatic heterocycles. The van der Waals surface area contributed by atoms with Gasteiger partial charge in [-0.15, -0.1) is 0 Å². The minimum absolute atomic E-state index is 0.392. The van der Waals surface area contributed by atoms with E-state index in [1.807, 2.05) is 24.3 Å². The number of hydrogen-bond acceptors (Lipinski definition) is 2. The van der Waals surface area contributed by atoms with Crippen LogP contribution in [0.4, 0.5) is 0 Å². The van der Waals surface area contributed by atoms with E-state index in [0.717, 1.165) is 11.0 Å². The summed E-state index contributed by atoms with van der Waals surface area (Å²) in [6.07, 6.45) is 0. The van der Waals surface area contributed by atoms with Crippen LogP contribution in [-0.4, -0.2) is 27.4 Å². The third kappa shape index (κ3) is 0.868. The molecule has 0 atom stereocenters. The Morgan fingerprint density at radius 3 is 2.11 bits per heavy atom. The molecule has 2 rings (SSSR count). The maximum atomic E-state index is 4.26. The fourth-order valence-corrected chi connectivity index (χ4v) is 2.23. The number of hydrogen-bond donors (Lipinski definition) is 0. The van der Waals surface area contributed by atoms with Crippen LogP contribution in [0, 0.1) is 0 Å². The molecule has 1 aromatic carbocycles. The van der Waals surface area contributed by atoms with Crippen molar-refractivity contribution in [2.45, 2.75) is 0 Å². The van der Waals surface area contributed by atoms with Gasteiger partial charge in [0.2, 0.25) is 0 Å². The fourth-order valence-electron chi connectivity index (χ4n) is 0.727. The molecule has 0 spiro atoms. The van der Waals surface area contributed by atoms with Crippen molar-refractivity contribution in [3.05, 3.63) is 24.3 Å². The predicted octanol–water partition coefficient (Wildman–Crippen LogP) is 0.687. The van der Waals surface area contributed by atoms with E-state index in [1.165, 1.54) is 0 Å². The van der Waals surface area contributed by atoms with Crippen molar-refractivity contribution in [3.63, 3.8) is 0 Å². The molecule has 0 unspecified atom stereocenters. The van der Waals surface area contributed by atoms with E-state index >= 15 is 0 Å². The summed E-state index contributed by atoms with van der Waals surface area (Å²) in [5, 5.41) is 0. The zero-order valence-corrected chi connectivity index (χ0v) is 6.94. The molecule has 2 aromatic rings. The summed E-state index contributed by atoms with van der Waals surface area (Å²) in [4.78, 5) is 0. The normalized spacial score (nSPS) is 10.2. The monoisotopic (exact) mass is 234 g/mol. The number of benzene rings is 1. The summed E-state index contributed by atoms with van der Waals surface area (Å²) in [5.41, 5.74) is 2.17. The summed E-state index contributed by atoms with van der Waals surface area (Å²) < 4.78 is 8.53. The Morgan fingerprint density at radius 2 is 1.56 bits per heavy atom. The summed E-state index contributed by atoms with van der Waals surface area (Å²) in [6.45, 7) is 0. The Morgan fingerprint density at radius 1 is 1.00 bits per heavy atom. The van der Waals surface area contributed by atoms with Gasteiger partial charge in [-0.2, -0.15) is 0 Å². The Bertz CT molecular complexity index is 285. The fraction of sp³-hybridized carbons (Fsp3) is 0. The second-order valence-electron chi connectivity index (χ2n) is 1.75. The van der Waals surface area contributed by atoms with Crippen LogP contribution in [0.15, 0.2) is 24.3 Å². The Hall–Kier alpha value is -0.390. The summed E-state index contributed by atoms with van der Waals surface area (Å²) in [5.74, 6) is 0. The number of nitrogens with zero attached hydrogens (tertiary/aromatic N) is 2. The van der Waals surface area contributed by atoms with E-state index in [4.69, 9.17) is 0 Å². The molecule has 0 aliphatic rings. The third-order valence-electron chi connectivity index (χ3n) is 1.16. The molecule has 2 nitrogen and oxygen atoms in total. The molecule has 0 N–H and O–H groups in total. The Kier molecular flexibility index (Phi) is 1.25. The van der Waals surface area contributed by atoms with E-state index in [9.17, 15) is 0 Å². The number of aromatic nitrogens is 2. The third-order valence-corrected chi connectivity index (χ3v) is 2.75. The van der Waals surface area contributed by atoms with Crippen LogP contribution in [-0.2, 0) is 0 Å². The van der Waals surface area contributed by atoms with Crippen LogP contribution in [0.25, 0.3) is 11.0 Å². The molecule has 0 aliphatic carbocycles. The molecule has 44 valence electrons. The second kappa shape index (κ2) is 2.09.